The van der Waals surface area contributed by atoms with Gasteiger partial charge in [-0.25, -0.2) is 14.6 Å². The van der Waals surface area contributed by atoms with Crippen LogP contribution in [0.1, 0.15) is 72.0 Å². The van der Waals surface area contributed by atoms with Crippen LogP contribution in [0.3, 0.4) is 0 Å². The highest BCUT2D eigenvalue weighted by molar-refractivity contribution is 6.41. The number of hydrogen-bond donors (Lipinski definition) is 2. The van der Waals surface area contributed by atoms with Crippen molar-refractivity contribution in [2.45, 2.75) is 52.7 Å². The molecule has 0 saturated heterocycles. The molecule has 184 valence electrons. The molecule has 1 aromatic heterocycles. The summed E-state index contributed by atoms with van der Waals surface area (Å²) in [5.41, 5.74) is 1.37. The molecule has 0 radical (unpaired) electrons. The molecule has 0 bridgehead atoms. The Hall–Kier alpha value is -3.78. The highest BCUT2D eigenvalue weighted by atomic mass is 16.5. The number of aliphatic hydroxyl groups is 1. The van der Waals surface area contributed by atoms with Gasteiger partial charge in [-0.1, -0.05) is 55.5 Å². The largest absolute Gasteiger partial charge is 0.475 e. The maximum Gasteiger partial charge on any atom is 0.377 e. The van der Waals surface area contributed by atoms with Gasteiger partial charge in [0.05, 0.1) is 6.61 Å². The molecule has 0 spiro atoms. The van der Waals surface area contributed by atoms with Crippen LogP contribution in [-0.2, 0) is 28.1 Å². The van der Waals surface area contributed by atoms with Crippen LogP contribution in [0.15, 0.2) is 48.5 Å². The Morgan fingerprint density at radius 2 is 1.69 bits per heavy atom. The number of aliphatic carboxylic acids is 1. The number of carbonyl (C=O) groups is 3. The Morgan fingerprint density at radius 1 is 1.03 bits per heavy atom. The summed E-state index contributed by atoms with van der Waals surface area (Å²) in [5.74, 6) is -2.34. The number of aryl methyl sites for hydroxylation is 1. The minimum absolute atomic E-state index is 0.118. The number of esters is 1. The van der Waals surface area contributed by atoms with E-state index in [1.54, 1.807) is 55.7 Å². The third kappa shape index (κ3) is 5.66. The number of carboxylic acids is 1. The van der Waals surface area contributed by atoms with Gasteiger partial charge in [-0.05, 0) is 43.9 Å². The van der Waals surface area contributed by atoms with Crippen LogP contribution in [0.25, 0.3) is 11.1 Å². The van der Waals surface area contributed by atoms with E-state index >= 15 is 0 Å². The fourth-order valence-corrected chi connectivity index (χ4v) is 3.94. The normalized spacial score (nSPS) is 11.3. The summed E-state index contributed by atoms with van der Waals surface area (Å²) in [6, 6.07) is 13.9. The summed E-state index contributed by atoms with van der Waals surface area (Å²) >= 11 is 0. The summed E-state index contributed by atoms with van der Waals surface area (Å²) in [6.45, 7) is 7.42. The van der Waals surface area contributed by atoms with Crippen molar-refractivity contribution in [3.8, 4) is 11.1 Å². The Balaban J connectivity index is 2.03. The lowest BCUT2D eigenvalue weighted by molar-refractivity contribution is -0.131. The van der Waals surface area contributed by atoms with Crippen LogP contribution < -0.4 is 0 Å². The fraction of sp³-hybridized carbons (Fsp3) is 0.333. The third-order valence-corrected chi connectivity index (χ3v) is 5.54. The lowest BCUT2D eigenvalue weighted by Gasteiger charge is -2.17. The minimum Gasteiger partial charge on any atom is -0.475 e. The summed E-state index contributed by atoms with van der Waals surface area (Å²) < 4.78 is 7.06. The van der Waals surface area contributed by atoms with E-state index in [2.05, 4.69) is 4.98 Å². The van der Waals surface area contributed by atoms with Crippen molar-refractivity contribution < 1.29 is 29.3 Å². The number of carboxylic acid groups (broad SMARTS) is 1. The smallest absolute Gasteiger partial charge is 0.377 e. The number of rotatable bonds is 10. The molecule has 35 heavy (non-hydrogen) atoms. The second-order valence-electron chi connectivity index (χ2n) is 8.72. The first-order chi connectivity index (χ1) is 16.6. The quantitative estimate of drug-likeness (QED) is 0.254. The number of ether oxygens (including phenoxy) is 1. The predicted octanol–water partition coefficient (Wildman–Crippen LogP) is 4.22. The molecule has 1 heterocycles. The molecule has 2 N–H and O–H groups in total. The predicted molar refractivity (Wildman–Crippen MR) is 130 cm³/mol. The molecule has 2 aromatic carbocycles. The van der Waals surface area contributed by atoms with E-state index in [9.17, 15) is 19.5 Å². The standard InChI is InChI=1S/C27H30N2O6/c1-5-9-21-28-24(27(3,4)34)22(26(33)35-6-2)29(21)16-17-12-14-18(15-13-17)19-10-7-8-11-20(19)23(30)25(31)32/h7-8,10-15,34H,5-6,9,16H2,1-4H3,(H,31,32). The molecule has 0 aliphatic heterocycles. The Bertz CT molecular complexity index is 1240. The maximum absolute atomic E-state index is 12.9. The van der Waals surface area contributed by atoms with Crippen LogP contribution in [0.5, 0.6) is 0 Å². The molecule has 0 saturated carbocycles. The number of benzene rings is 2. The molecular formula is C27H30N2O6. The van der Waals surface area contributed by atoms with Crippen LogP contribution in [-0.4, -0.2) is 44.1 Å². The van der Waals surface area contributed by atoms with Gasteiger partial charge in [-0.2, -0.15) is 0 Å². The van der Waals surface area contributed by atoms with Crippen LogP contribution in [0, 0.1) is 0 Å². The lowest BCUT2D eigenvalue weighted by Crippen LogP contribution is -2.23. The summed E-state index contributed by atoms with van der Waals surface area (Å²) in [7, 11) is 0. The number of carbonyl (C=O) groups excluding carboxylic acids is 2. The highest BCUT2D eigenvalue weighted by Crippen LogP contribution is 2.28. The van der Waals surface area contributed by atoms with E-state index in [-0.39, 0.29) is 23.6 Å². The average molecular weight is 479 g/mol. The maximum atomic E-state index is 12.9. The van der Waals surface area contributed by atoms with E-state index in [1.165, 1.54) is 6.07 Å². The molecular weight excluding hydrogens is 448 g/mol. The van der Waals surface area contributed by atoms with Crippen molar-refractivity contribution in [2.24, 2.45) is 0 Å². The summed E-state index contributed by atoms with van der Waals surface area (Å²) in [4.78, 5) is 40.8. The number of aromatic nitrogens is 2. The van der Waals surface area contributed by atoms with Gasteiger partial charge in [-0.3, -0.25) is 4.79 Å². The monoisotopic (exact) mass is 478 g/mol. The van der Waals surface area contributed by atoms with Crippen molar-refractivity contribution in [1.29, 1.82) is 0 Å². The Kier molecular flexibility index (Phi) is 7.86. The second-order valence-corrected chi connectivity index (χ2v) is 8.72. The van der Waals surface area contributed by atoms with Gasteiger partial charge in [0.15, 0.2) is 5.69 Å². The number of ketones is 1. The van der Waals surface area contributed by atoms with Crippen molar-refractivity contribution in [1.82, 2.24) is 9.55 Å². The topological polar surface area (TPSA) is 119 Å². The van der Waals surface area contributed by atoms with Crippen LogP contribution >= 0.6 is 0 Å². The van der Waals surface area contributed by atoms with Gasteiger partial charge in [0.2, 0.25) is 0 Å². The van der Waals surface area contributed by atoms with E-state index in [4.69, 9.17) is 9.84 Å². The molecule has 0 aliphatic carbocycles. The van der Waals surface area contributed by atoms with Crippen molar-refractivity contribution in [3.63, 3.8) is 0 Å². The fourth-order valence-electron chi connectivity index (χ4n) is 3.94. The van der Waals surface area contributed by atoms with Crippen molar-refractivity contribution in [3.05, 3.63) is 76.9 Å². The zero-order valence-electron chi connectivity index (χ0n) is 20.4. The first kappa shape index (κ1) is 25.8. The van der Waals surface area contributed by atoms with Gasteiger partial charge in [0.1, 0.15) is 17.1 Å². The van der Waals surface area contributed by atoms with Crippen LogP contribution in [0.2, 0.25) is 0 Å². The minimum atomic E-state index is -1.51. The van der Waals surface area contributed by atoms with E-state index in [0.29, 0.717) is 29.9 Å². The number of imidazole rings is 1. The molecule has 0 fully saturated rings. The summed E-state index contributed by atoms with van der Waals surface area (Å²) in [6.07, 6.45) is 1.42. The van der Waals surface area contributed by atoms with Gasteiger partial charge in [0.25, 0.3) is 5.78 Å². The molecule has 0 unspecified atom stereocenters. The highest BCUT2D eigenvalue weighted by Gasteiger charge is 2.32. The first-order valence-electron chi connectivity index (χ1n) is 11.5. The SMILES string of the molecule is CCCc1nc(C(C)(C)O)c(C(=O)OCC)n1Cc1ccc(-c2ccccc2C(=O)C(=O)O)cc1. The molecule has 0 aliphatic rings. The van der Waals surface area contributed by atoms with E-state index in [1.807, 2.05) is 19.1 Å². The first-order valence-corrected chi connectivity index (χ1v) is 11.5. The summed E-state index contributed by atoms with van der Waals surface area (Å²) in [5, 5.41) is 19.8. The molecule has 3 aromatic rings. The lowest BCUT2D eigenvalue weighted by atomic mass is 9.96. The second kappa shape index (κ2) is 10.7. The average Bonchev–Trinajstić information content (AvgIpc) is 3.18. The van der Waals surface area contributed by atoms with Gasteiger partial charge < -0.3 is 19.5 Å². The van der Waals surface area contributed by atoms with Gasteiger partial charge in [-0.15, -0.1) is 0 Å². The van der Waals surface area contributed by atoms with Gasteiger partial charge in [0, 0.05) is 18.5 Å². The molecule has 8 nitrogen and oxygen atoms in total. The van der Waals surface area contributed by atoms with E-state index < -0.39 is 23.3 Å². The molecule has 0 amide bonds. The van der Waals surface area contributed by atoms with Crippen molar-refractivity contribution in [2.75, 3.05) is 6.61 Å². The molecule has 8 heteroatoms. The molecule has 0 atom stereocenters. The number of hydrogen-bond acceptors (Lipinski definition) is 6. The zero-order chi connectivity index (χ0) is 25.8. The van der Waals surface area contributed by atoms with Crippen LogP contribution in [0.4, 0.5) is 0 Å². The van der Waals surface area contributed by atoms with Crippen molar-refractivity contribution >= 4 is 17.7 Å². The number of Topliss-reactive ketones (excluding diaryl/α,β-unsaturated/α-hetero) is 1. The van der Waals surface area contributed by atoms with E-state index in [0.717, 1.165) is 12.0 Å². The Morgan fingerprint density at radius 3 is 2.26 bits per heavy atom. The Labute approximate surface area is 204 Å². The van der Waals surface area contributed by atoms with Gasteiger partial charge >= 0.3 is 11.9 Å². The molecule has 3 rings (SSSR count). The zero-order valence-corrected chi connectivity index (χ0v) is 20.4. The number of nitrogens with zero attached hydrogens (tertiary/aromatic N) is 2. The third-order valence-electron chi connectivity index (χ3n) is 5.54.